The second kappa shape index (κ2) is 9.83. The van der Waals surface area contributed by atoms with E-state index in [9.17, 15) is 0 Å². The van der Waals surface area contributed by atoms with Crippen LogP contribution in [0.1, 0.15) is 65.7 Å². The van der Waals surface area contributed by atoms with E-state index in [-0.39, 0.29) is 0 Å². The SMILES string of the molecule is CCC/C=C/C(CC)CCCCC. The fraction of sp³-hybridized carbons (Fsp3) is 0.846. The molecule has 0 rings (SSSR count). The molecule has 0 heterocycles. The average molecular weight is 182 g/mol. The van der Waals surface area contributed by atoms with E-state index in [0.29, 0.717) is 0 Å². The maximum atomic E-state index is 2.43. The van der Waals surface area contributed by atoms with E-state index < -0.39 is 0 Å². The van der Waals surface area contributed by atoms with Gasteiger partial charge < -0.3 is 0 Å². The molecule has 13 heavy (non-hydrogen) atoms. The number of unbranched alkanes of at least 4 members (excludes halogenated alkanes) is 3. The summed E-state index contributed by atoms with van der Waals surface area (Å²) in [4.78, 5) is 0. The Morgan fingerprint density at radius 1 is 1.00 bits per heavy atom. The van der Waals surface area contributed by atoms with Gasteiger partial charge in [0.1, 0.15) is 0 Å². The maximum absolute atomic E-state index is 2.43. The zero-order chi connectivity index (χ0) is 9.94. The Bertz CT molecular complexity index is 113. The fourth-order valence-corrected chi connectivity index (χ4v) is 1.55. The van der Waals surface area contributed by atoms with Gasteiger partial charge in [0.2, 0.25) is 0 Å². The first-order chi connectivity index (χ1) is 6.35. The molecule has 0 aromatic rings. The third-order valence-corrected chi connectivity index (χ3v) is 2.57. The molecule has 0 bridgehead atoms. The largest absolute Gasteiger partial charge is 0.0883 e. The minimum atomic E-state index is 0.845. The Hall–Kier alpha value is -0.260. The molecule has 78 valence electrons. The van der Waals surface area contributed by atoms with Crippen LogP contribution in [-0.4, -0.2) is 0 Å². The highest BCUT2D eigenvalue weighted by Crippen LogP contribution is 2.15. The van der Waals surface area contributed by atoms with E-state index >= 15 is 0 Å². The first kappa shape index (κ1) is 12.7. The second-order valence-electron chi connectivity index (χ2n) is 3.88. The van der Waals surface area contributed by atoms with Crippen LogP contribution in [0.2, 0.25) is 0 Å². The van der Waals surface area contributed by atoms with E-state index in [4.69, 9.17) is 0 Å². The maximum Gasteiger partial charge on any atom is -0.0236 e. The van der Waals surface area contributed by atoms with Gasteiger partial charge in [-0.2, -0.15) is 0 Å². The van der Waals surface area contributed by atoms with Crippen molar-refractivity contribution in [1.29, 1.82) is 0 Å². The van der Waals surface area contributed by atoms with Crippen molar-refractivity contribution in [3.8, 4) is 0 Å². The molecule has 0 fully saturated rings. The summed E-state index contributed by atoms with van der Waals surface area (Å²) in [5, 5.41) is 0. The summed E-state index contributed by atoms with van der Waals surface area (Å²) in [7, 11) is 0. The lowest BCUT2D eigenvalue weighted by atomic mass is 9.98. The molecule has 0 aliphatic heterocycles. The van der Waals surface area contributed by atoms with Crippen molar-refractivity contribution in [1.82, 2.24) is 0 Å². The minimum Gasteiger partial charge on any atom is -0.0883 e. The Kier molecular flexibility index (Phi) is 9.63. The van der Waals surface area contributed by atoms with Crippen molar-refractivity contribution in [2.45, 2.75) is 65.7 Å². The lowest BCUT2D eigenvalue weighted by Gasteiger charge is -2.08. The molecule has 0 aromatic heterocycles. The Balaban J connectivity index is 3.50. The third-order valence-electron chi connectivity index (χ3n) is 2.57. The third kappa shape index (κ3) is 8.08. The molecule has 0 aliphatic rings. The van der Waals surface area contributed by atoms with Crippen LogP contribution in [0, 0.1) is 5.92 Å². The molecule has 0 saturated carbocycles. The summed E-state index contributed by atoms with van der Waals surface area (Å²) < 4.78 is 0. The molecule has 0 aliphatic carbocycles. The van der Waals surface area contributed by atoms with Gasteiger partial charge in [0.05, 0.1) is 0 Å². The van der Waals surface area contributed by atoms with Crippen molar-refractivity contribution in [3.05, 3.63) is 12.2 Å². The van der Waals surface area contributed by atoms with Gasteiger partial charge in [-0.05, 0) is 25.2 Å². The van der Waals surface area contributed by atoms with Crippen molar-refractivity contribution < 1.29 is 0 Å². The first-order valence-electron chi connectivity index (χ1n) is 6.01. The van der Waals surface area contributed by atoms with Crippen LogP contribution >= 0.6 is 0 Å². The molecule has 0 N–H and O–H groups in total. The summed E-state index contributed by atoms with van der Waals surface area (Å²) >= 11 is 0. The van der Waals surface area contributed by atoms with Crippen LogP contribution in [-0.2, 0) is 0 Å². The van der Waals surface area contributed by atoms with Gasteiger partial charge in [0, 0.05) is 0 Å². The van der Waals surface area contributed by atoms with E-state index in [1.54, 1.807) is 0 Å². The van der Waals surface area contributed by atoms with Crippen LogP contribution in [0.4, 0.5) is 0 Å². The van der Waals surface area contributed by atoms with Gasteiger partial charge in [0.15, 0.2) is 0 Å². The lowest BCUT2D eigenvalue weighted by molar-refractivity contribution is 0.525. The minimum absolute atomic E-state index is 0.845. The van der Waals surface area contributed by atoms with Gasteiger partial charge in [-0.1, -0.05) is 58.6 Å². The zero-order valence-electron chi connectivity index (χ0n) is 9.68. The summed E-state index contributed by atoms with van der Waals surface area (Å²) in [5.41, 5.74) is 0. The smallest absolute Gasteiger partial charge is 0.0236 e. The zero-order valence-corrected chi connectivity index (χ0v) is 9.68. The lowest BCUT2D eigenvalue weighted by Crippen LogP contribution is -1.93. The van der Waals surface area contributed by atoms with Crippen molar-refractivity contribution in [3.63, 3.8) is 0 Å². The topological polar surface area (TPSA) is 0 Å². The molecular formula is C13H26. The van der Waals surface area contributed by atoms with Crippen LogP contribution < -0.4 is 0 Å². The van der Waals surface area contributed by atoms with Gasteiger partial charge in [-0.3, -0.25) is 0 Å². The molecule has 0 nitrogen and oxygen atoms in total. The molecule has 1 atom stereocenters. The van der Waals surface area contributed by atoms with E-state index in [1.165, 1.54) is 44.9 Å². The quantitative estimate of drug-likeness (QED) is 0.368. The van der Waals surface area contributed by atoms with Gasteiger partial charge >= 0.3 is 0 Å². The molecule has 0 heteroatoms. The number of hydrogen-bond acceptors (Lipinski definition) is 0. The van der Waals surface area contributed by atoms with Crippen molar-refractivity contribution in [2.24, 2.45) is 5.92 Å². The van der Waals surface area contributed by atoms with Crippen LogP contribution in [0.3, 0.4) is 0 Å². The van der Waals surface area contributed by atoms with Crippen LogP contribution in [0.15, 0.2) is 12.2 Å². The van der Waals surface area contributed by atoms with Gasteiger partial charge in [0.25, 0.3) is 0 Å². The summed E-state index contributed by atoms with van der Waals surface area (Å²) in [5.74, 6) is 0.845. The average Bonchev–Trinajstić information content (AvgIpc) is 2.16. The molecule has 0 amide bonds. The van der Waals surface area contributed by atoms with Crippen LogP contribution in [0.5, 0.6) is 0 Å². The summed E-state index contributed by atoms with van der Waals surface area (Å²) in [6.07, 6.45) is 14.2. The van der Waals surface area contributed by atoms with Crippen molar-refractivity contribution in [2.75, 3.05) is 0 Å². The molecule has 1 unspecified atom stereocenters. The Labute approximate surface area is 84.4 Å². The second-order valence-corrected chi connectivity index (χ2v) is 3.88. The van der Waals surface area contributed by atoms with Crippen LogP contribution in [0.25, 0.3) is 0 Å². The molecule has 0 radical (unpaired) electrons. The normalized spacial score (nSPS) is 13.8. The summed E-state index contributed by atoms with van der Waals surface area (Å²) in [6.45, 7) is 6.81. The monoisotopic (exact) mass is 182 g/mol. The molecule has 0 saturated heterocycles. The Morgan fingerprint density at radius 3 is 2.31 bits per heavy atom. The molecular weight excluding hydrogens is 156 g/mol. The highest BCUT2D eigenvalue weighted by Gasteiger charge is 1.99. The predicted molar refractivity (Wildman–Crippen MR) is 62.0 cm³/mol. The fourth-order valence-electron chi connectivity index (χ4n) is 1.55. The Morgan fingerprint density at radius 2 is 1.77 bits per heavy atom. The van der Waals surface area contributed by atoms with Crippen molar-refractivity contribution >= 4 is 0 Å². The number of allylic oxidation sites excluding steroid dienone is 2. The molecule has 0 aromatic carbocycles. The standard InChI is InChI=1S/C13H26/c1-4-7-9-11-13(6-3)12-10-8-5-2/h9,11,13H,4-8,10,12H2,1-3H3/b11-9+. The first-order valence-corrected chi connectivity index (χ1v) is 6.01. The molecule has 0 spiro atoms. The predicted octanol–water partition coefficient (Wildman–Crippen LogP) is 4.95. The number of hydrogen-bond donors (Lipinski definition) is 0. The number of rotatable bonds is 8. The van der Waals surface area contributed by atoms with E-state index in [0.717, 1.165) is 5.92 Å². The van der Waals surface area contributed by atoms with Gasteiger partial charge in [-0.25, -0.2) is 0 Å². The highest BCUT2D eigenvalue weighted by atomic mass is 14.1. The summed E-state index contributed by atoms with van der Waals surface area (Å²) in [6, 6.07) is 0. The van der Waals surface area contributed by atoms with E-state index in [1.807, 2.05) is 0 Å². The highest BCUT2D eigenvalue weighted by molar-refractivity contribution is 4.87. The van der Waals surface area contributed by atoms with Gasteiger partial charge in [-0.15, -0.1) is 0 Å². The van der Waals surface area contributed by atoms with E-state index in [2.05, 4.69) is 32.9 Å².